The number of ether oxygens (including phenoxy) is 1. The Hall–Kier alpha value is -1.30. The number of esters is 1. The molecule has 0 saturated heterocycles. The summed E-state index contributed by atoms with van der Waals surface area (Å²) in [5.41, 5.74) is 0. The zero-order valence-corrected chi connectivity index (χ0v) is 8.48. The first-order chi connectivity index (χ1) is 6.87. The number of carbonyl (C=O) groups excluding carboxylic acids is 2. The molecule has 0 aromatic heterocycles. The van der Waals surface area contributed by atoms with E-state index in [-0.39, 0.29) is 13.2 Å². The van der Waals surface area contributed by atoms with E-state index >= 15 is 0 Å². The van der Waals surface area contributed by atoms with Crippen LogP contribution in [0.3, 0.4) is 0 Å². The van der Waals surface area contributed by atoms with E-state index < -0.39 is 13.8 Å². The molecule has 15 heavy (non-hydrogen) atoms. The summed E-state index contributed by atoms with van der Waals surface area (Å²) in [6, 6.07) is 0. The summed E-state index contributed by atoms with van der Waals surface area (Å²) >= 11 is 0. The number of phosphoric acid groups is 1. The molecule has 0 radical (unpaired) electrons. The Balaban J connectivity index is 0. The summed E-state index contributed by atoms with van der Waals surface area (Å²) in [5, 5.41) is 5.40. The average molecular weight is 239 g/mol. The van der Waals surface area contributed by atoms with Crippen LogP contribution in [0.4, 0.5) is 0 Å². The van der Waals surface area contributed by atoms with Crippen molar-refractivity contribution < 1.29 is 33.2 Å². The second-order valence-electron chi connectivity index (χ2n) is 1.80. The topological polar surface area (TPSA) is 134 Å². The Bertz CT molecular complexity index is 277. The second kappa shape index (κ2) is 9.26. The lowest BCUT2D eigenvalue weighted by Crippen LogP contribution is -2.07. The van der Waals surface area contributed by atoms with Crippen molar-refractivity contribution in [3.8, 4) is 0 Å². The van der Waals surface area contributed by atoms with E-state index in [9.17, 15) is 9.36 Å². The first kappa shape index (κ1) is 16.1. The molecule has 0 unspecified atom stereocenters. The molecule has 0 atom stereocenters. The molecule has 0 saturated carbocycles. The molecule has 0 aliphatic heterocycles. The Morgan fingerprint density at radius 2 is 2.00 bits per heavy atom. The summed E-state index contributed by atoms with van der Waals surface area (Å²) < 4.78 is 18.4. The van der Waals surface area contributed by atoms with Crippen LogP contribution in [0.1, 0.15) is 0 Å². The summed E-state index contributed by atoms with van der Waals surface area (Å²) in [6.07, 6.45) is 1.69. The number of phosphoric ester groups is 1. The maximum absolute atomic E-state index is 10.3. The van der Waals surface area contributed by atoms with Crippen LogP contribution in [0, 0.1) is 5.41 Å². The highest BCUT2D eigenvalue weighted by molar-refractivity contribution is 7.46. The molecule has 0 heterocycles. The van der Waals surface area contributed by atoms with Crippen molar-refractivity contribution in [1.82, 2.24) is 0 Å². The van der Waals surface area contributed by atoms with Crippen molar-refractivity contribution in [3.05, 3.63) is 12.7 Å². The predicted molar refractivity (Wildman–Crippen MR) is 47.6 cm³/mol. The van der Waals surface area contributed by atoms with Crippen molar-refractivity contribution in [1.29, 1.82) is 5.41 Å². The molecule has 0 bridgehead atoms. The lowest BCUT2D eigenvalue weighted by molar-refractivity contribution is -0.138. The monoisotopic (exact) mass is 239 g/mol. The summed E-state index contributed by atoms with van der Waals surface area (Å²) in [4.78, 5) is 35.0. The van der Waals surface area contributed by atoms with Crippen molar-refractivity contribution in [2.45, 2.75) is 0 Å². The van der Waals surface area contributed by atoms with E-state index in [0.717, 1.165) is 12.2 Å². The molecule has 0 amide bonds. The molecule has 9 heteroatoms. The Morgan fingerprint density at radius 1 is 1.53 bits per heavy atom. The smallest absolute Gasteiger partial charge is 0.460 e. The minimum Gasteiger partial charge on any atom is -0.460 e. The van der Waals surface area contributed by atoms with Gasteiger partial charge in [-0.25, -0.2) is 19.6 Å². The lowest BCUT2D eigenvalue weighted by atomic mass is 10.6. The second-order valence-corrected chi connectivity index (χ2v) is 3.04. The molecule has 8 nitrogen and oxygen atoms in total. The summed E-state index contributed by atoms with van der Waals surface area (Å²) in [5.74, 6) is -0.663. The molecule has 0 fully saturated rings. The van der Waals surface area contributed by atoms with Gasteiger partial charge in [-0.3, -0.25) is 4.52 Å². The highest BCUT2D eigenvalue weighted by Crippen LogP contribution is 2.35. The van der Waals surface area contributed by atoms with Crippen LogP contribution in [0.2, 0.25) is 0 Å². The van der Waals surface area contributed by atoms with Crippen LogP contribution in [-0.4, -0.2) is 35.0 Å². The molecular formula is C6H10NO7P. The van der Waals surface area contributed by atoms with Gasteiger partial charge in [0.05, 0.1) is 6.61 Å². The van der Waals surface area contributed by atoms with Crippen molar-refractivity contribution in [2.24, 2.45) is 0 Å². The highest BCUT2D eigenvalue weighted by Gasteiger charge is 2.12. The number of nitrogens with one attached hydrogen (secondary N) is 1. The molecular weight excluding hydrogens is 229 g/mol. The minimum absolute atomic E-state index is 0.212. The van der Waals surface area contributed by atoms with Crippen molar-refractivity contribution in [3.63, 3.8) is 0 Å². The first-order valence-corrected chi connectivity index (χ1v) is 4.93. The number of hydrogen-bond donors (Lipinski definition) is 3. The van der Waals surface area contributed by atoms with Gasteiger partial charge >= 0.3 is 13.8 Å². The largest absolute Gasteiger partial charge is 0.469 e. The fourth-order valence-corrected chi connectivity index (χ4v) is 0.670. The molecule has 3 N–H and O–H groups in total. The molecule has 0 spiro atoms. The van der Waals surface area contributed by atoms with Crippen LogP contribution in [-0.2, 0) is 23.4 Å². The number of rotatable bonds is 5. The van der Waals surface area contributed by atoms with E-state index in [4.69, 9.17) is 20.0 Å². The number of carbonyl (C=O) groups is 1. The van der Waals surface area contributed by atoms with Crippen LogP contribution in [0.5, 0.6) is 0 Å². The molecule has 0 aromatic rings. The lowest BCUT2D eigenvalue weighted by Gasteiger charge is -2.04. The van der Waals surface area contributed by atoms with E-state index in [1.807, 2.05) is 0 Å². The highest BCUT2D eigenvalue weighted by atomic mass is 31.2. The van der Waals surface area contributed by atoms with E-state index in [1.165, 1.54) is 0 Å². The molecule has 86 valence electrons. The Morgan fingerprint density at radius 3 is 2.33 bits per heavy atom. The fraction of sp³-hybridized carbons (Fsp3) is 0.333. The van der Waals surface area contributed by atoms with Gasteiger partial charge in [0.1, 0.15) is 6.61 Å². The van der Waals surface area contributed by atoms with Crippen molar-refractivity contribution >= 4 is 19.9 Å². The normalized spacial score (nSPS) is 9.20. The van der Waals surface area contributed by atoms with E-state index in [0.29, 0.717) is 0 Å². The predicted octanol–water partition coefficient (Wildman–Crippen LogP) is -0.274. The standard InChI is InChI=1S/C5H9O6P.CHNO/c1-2-5(6)10-3-4-11-12(7,8)9;2-1-3/h2H,1,3-4H2,(H2,7,8,9);2H. The quantitative estimate of drug-likeness (QED) is 0.150. The minimum atomic E-state index is -4.45. The van der Waals surface area contributed by atoms with Gasteiger partial charge in [-0.15, -0.1) is 0 Å². The zero-order valence-electron chi connectivity index (χ0n) is 7.58. The third-order valence-corrected chi connectivity index (χ3v) is 1.27. The molecule has 0 aliphatic carbocycles. The average Bonchev–Trinajstić information content (AvgIpc) is 2.12. The molecule has 0 aliphatic rings. The first-order valence-electron chi connectivity index (χ1n) is 3.40. The third kappa shape index (κ3) is 19.2. The van der Waals surface area contributed by atoms with Crippen LogP contribution in [0.15, 0.2) is 12.7 Å². The van der Waals surface area contributed by atoms with Crippen LogP contribution >= 0.6 is 7.82 Å². The molecule has 0 rings (SSSR count). The fourth-order valence-electron chi connectivity index (χ4n) is 0.357. The maximum Gasteiger partial charge on any atom is 0.469 e. The number of isocyanates is 1. The maximum atomic E-state index is 10.3. The van der Waals surface area contributed by atoms with Gasteiger partial charge in [-0.05, 0) is 0 Å². The van der Waals surface area contributed by atoms with Gasteiger partial charge < -0.3 is 14.5 Å². The van der Waals surface area contributed by atoms with E-state index in [2.05, 4.69) is 15.8 Å². The Kier molecular flexibility index (Phi) is 9.97. The molecule has 0 aromatic carbocycles. The van der Waals surface area contributed by atoms with Crippen molar-refractivity contribution in [2.75, 3.05) is 13.2 Å². The van der Waals surface area contributed by atoms with Gasteiger partial charge in [-0.2, -0.15) is 0 Å². The SMILES string of the molecule is C=CC(=O)OCCOP(=O)(O)O.N=C=O. The van der Waals surface area contributed by atoms with Gasteiger partial charge in [0.25, 0.3) is 0 Å². The summed E-state index contributed by atoms with van der Waals surface area (Å²) in [6.45, 7) is 2.56. The summed E-state index contributed by atoms with van der Waals surface area (Å²) in [7, 11) is -4.45. The van der Waals surface area contributed by atoms with Gasteiger partial charge in [-0.1, -0.05) is 6.58 Å². The number of hydrogen-bond acceptors (Lipinski definition) is 6. The van der Waals surface area contributed by atoms with Crippen LogP contribution < -0.4 is 0 Å². The Labute approximate surface area is 85.3 Å². The van der Waals surface area contributed by atoms with Gasteiger partial charge in [0, 0.05) is 6.08 Å². The van der Waals surface area contributed by atoms with Crippen LogP contribution in [0.25, 0.3) is 0 Å². The zero-order chi connectivity index (χ0) is 12.3. The van der Waals surface area contributed by atoms with Gasteiger partial charge in [0.2, 0.25) is 6.08 Å². The third-order valence-electron chi connectivity index (χ3n) is 0.754. The van der Waals surface area contributed by atoms with E-state index in [1.54, 1.807) is 0 Å². The van der Waals surface area contributed by atoms with Gasteiger partial charge in [0.15, 0.2) is 0 Å².